The summed E-state index contributed by atoms with van der Waals surface area (Å²) in [4.78, 5) is 24.7. The first-order chi connectivity index (χ1) is 13.4. The minimum absolute atomic E-state index is 0.150. The smallest absolute Gasteiger partial charge is 0.272 e. The molecule has 2 aromatic carbocycles. The van der Waals surface area contributed by atoms with Crippen molar-refractivity contribution in [2.45, 2.75) is 20.4 Å². The summed E-state index contributed by atoms with van der Waals surface area (Å²) in [5, 5.41) is 10.6. The van der Waals surface area contributed by atoms with E-state index in [0.29, 0.717) is 17.4 Å². The fraction of sp³-hybridized carbons (Fsp3) is 0.190. The van der Waals surface area contributed by atoms with Gasteiger partial charge in [-0.25, -0.2) is 4.68 Å². The average molecular weight is 397 g/mol. The van der Waals surface area contributed by atoms with Gasteiger partial charge in [0.1, 0.15) is 5.82 Å². The van der Waals surface area contributed by atoms with E-state index in [1.54, 1.807) is 36.7 Å². The SMILES string of the molecule is CC(C)C(=O)Nc1cc(C(=O)NCc2cccc(Cl)c2)nn1-c1ccccc1. The number of rotatable bonds is 6. The summed E-state index contributed by atoms with van der Waals surface area (Å²) in [7, 11) is 0. The van der Waals surface area contributed by atoms with E-state index in [-0.39, 0.29) is 23.4 Å². The Morgan fingerprint density at radius 1 is 1.07 bits per heavy atom. The van der Waals surface area contributed by atoms with Gasteiger partial charge in [-0.05, 0) is 29.8 Å². The number of carbonyl (C=O) groups excluding carboxylic acids is 2. The lowest BCUT2D eigenvalue weighted by molar-refractivity contribution is -0.118. The lowest BCUT2D eigenvalue weighted by Gasteiger charge is -2.10. The molecule has 0 aliphatic rings. The first-order valence-electron chi connectivity index (χ1n) is 8.93. The normalized spacial score (nSPS) is 10.7. The molecular weight excluding hydrogens is 376 g/mol. The van der Waals surface area contributed by atoms with Crippen LogP contribution < -0.4 is 10.6 Å². The van der Waals surface area contributed by atoms with E-state index in [9.17, 15) is 9.59 Å². The summed E-state index contributed by atoms with van der Waals surface area (Å²) in [5.74, 6) is -0.241. The minimum atomic E-state index is -0.338. The Morgan fingerprint density at radius 3 is 2.50 bits per heavy atom. The molecule has 1 heterocycles. The molecule has 3 rings (SSSR count). The molecule has 144 valence electrons. The second kappa shape index (κ2) is 8.71. The highest BCUT2D eigenvalue weighted by Crippen LogP contribution is 2.18. The first-order valence-corrected chi connectivity index (χ1v) is 9.31. The number of nitrogens with zero attached hydrogens (tertiary/aromatic N) is 2. The lowest BCUT2D eigenvalue weighted by atomic mass is 10.2. The Morgan fingerprint density at radius 2 is 1.82 bits per heavy atom. The topological polar surface area (TPSA) is 76.0 Å². The molecule has 0 bridgehead atoms. The molecule has 0 aliphatic carbocycles. The Labute approximate surface area is 168 Å². The summed E-state index contributed by atoms with van der Waals surface area (Å²) < 4.78 is 1.55. The van der Waals surface area contributed by atoms with Crippen LogP contribution in [0, 0.1) is 5.92 Å². The van der Waals surface area contributed by atoms with Crippen LogP contribution in [0.25, 0.3) is 5.69 Å². The summed E-state index contributed by atoms with van der Waals surface area (Å²) in [6.07, 6.45) is 0. The average Bonchev–Trinajstić information content (AvgIpc) is 3.10. The van der Waals surface area contributed by atoms with Crippen molar-refractivity contribution in [3.8, 4) is 5.69 Å². The van der Waals surface area contributed by atoms with Gasteiger partial charge in [-0.1, -0.05) is 55.8 Å². The maximum atomic E-state index is 12.6. The number of halogens is 1. The number of benzene rings is 2. The predicted molar refractivity (Wildman–Crippen MR) is 110 cm³/mol. The van der Waals surface area contributed by atoms with Crippen LogP contribution in [0.2, 0.25) is 5.02 Å². The number of hydrogen-bond donors (Lipinski definition) is 2. The van der Waals surface area contributed by atoms with Crippen LogP contribution in [-0.4, -0.2) is 21.6 Å². The van der Waals surface area contributed by atoms with Gasteiger partial charge < -0.3 is 10.6 Å². The minimum Gasteiger partial charge on any atom is -0.347 e. The van der Waals surface area contributed by atoms with Crippen LogP contribution in [0.5, 0.6) is 0 Å². The van der Waals surface area contributed by atoms with Crippen molar-refractivity contribution < 1.29 is 9.59 Å². The van der Waals surface area contributed by atoms with E-state index in [1.807, 2.05) is 42.5 Å². The maximum Gasteiger partial charge on any atom is 0.272 e. The molecule has 0 saturated heterocycles. The van der Waals surface area contributed by atoms with Crippen molar-refractivity contribution >= 4 is 29.2 Å². The molecule has 0 unspecified atom stereocenters. The summed E-state index contributed by atoms with van der Waals surface area (Å²) in [6.45, 7) is 3.93. The second-order valence-electron chi connectivity index (χ2n) is 6.62. The van der Waals surface area contributed by atoms with Crippen molar-refractivity contribution in [1.82, 2.24) is 15.1 Å². The monoisotopic (exact) mass is 396 g/mol. The van der Waals surface area contributed by atoms with Crippen LogP contribution >= 0.6 is 11.6 Å². The van der Waals surface area contributed by atoms with Crippen LogP contribution in [0.3, 0.4) is 0 Å². The molecule has 0 fully saturated rings. The zero-order chi connectivity index (χ0) is 20.1. The van der Waals surface area contributed by atoms with Crippen molar-refractivity contribution in [2.24, 2.45) is 5.92 Å². The molecule has 2 N–H and O–H groups in total. The van der Waals surface area contributed by atoms with Gasteiger partial charge in [0, 0.05) is 23.6 Å². The zero-order valence-corrected chi connectivity index (χ0v) is 16.4. The van der Waals surface area contributed by atoms with E-state index in [4.69, 9.17) is 11.6 Å². The van der Waals surface area contributed by atoms with Gasteiger partial charge >= 0.3 is 0 Å². The Hall–Kier alpha value is -3.12. The predicted octanol–water partition coefficient (Wildman–Crippen LogP) is 4.05. The fourth-order valence-corrected chi connectivity index (χ4v) is 2.75. The Kier molecular flexibility index (Phi) is 6.11. The summed E-state index contributed by atoms with van der Waals surface area (Å²) >= 11 is 5.97. The van der Waals surface area contributed by atoms with E-state index in [0.717, 1.165) is 11.3 Å². The molecule has 2 amide bonds. The molecular formula is C21H21ClN4O2. The van der Waals surface area contributed by atoms with E-state index < -0.39 is 0 Å². The van der Waals surface area contributed by atoms with Gasteiger partial charge in [-0.2, -0.15) is 5.10 Å². The van der Waals surface area contributed by atoms with Crippen LogP contribution in [0.1, 0.15) is 29.9 Å². The van der Waals surface area contributed by atoms with E-state index in [1.165, 1.54) is 0 Å². The fourth-order valence-electron chi connectivity index (χ4n) is 2.54. The zero-order valence-electron chi connectivity index (χ0n) is 15.6. The maximum absolute atomic E-state index is 12.6. The van der Waals surface area contributed by atoms with E-state index >= 15 is 0 Å². The third kappa shape index (κ3) is 4.78. The second-order valence-corrected chi connectivity index (χ2v) is 7.06. The van der Waals surface area contributed by atoms with Crippen molar-refractivity contribution in [3.63, 3.8) is 0 Å². The van der Waals surface area contributed by atoms with Gasteiger partial charge in [0.2, 0.25) is 5.91 Å². The third-order valence-electron chi connectivity index (χ3n) is 4.06. The first kappa shape index (κ1) is 19.6. The molecule has 0 atom stereocenters. The van der Waals surface area contributed by atoms with E-state index in [2.05, 4.69) is 15.7 Å². The number of nitrogens with one attached hydrogen (secondary N) is 2. The highest BCUT2D eigenvalue weighted by molar-refractivity contribution is 6.30. The number of hydrogen-bond acceptors (Lipinski definition) is 3. The lowest BCUT2D eigenvalue weighted by Crippen LogP contribution is -2.23. The molecule has 28 heavy (non-hydrogen) atoms. The van der Waals surface area contributed by atoms with Gasteiger partial charge in [-0.15, -0.1) is 0 Å². The van der Waals surface area contributed by atoms with Crippen molar-refractivity contribution in [1.29, 1.82) is 0 Å². The highest BCUT2D eigenvalue weighted by atomic mass is 35.5. The number of para-hydroxylation sites is 1. The van der Waals surface area contributed by atoms with Crippen LogP contribution in [0.15, 0.2) is 60.7 Å². The summed E-state index contributed by atoms with van der Waals surface area (Å²) in [6, 6.07) is 18.2. The third-order valence-corrected chi connectivity index (χ3v) is 4.30. The molecule has 7 heteroatoms. The number of amides is 2. The van der Waals surface area contributed by atoms with Crippen LogP contribution in [-0.2, 0) is 11.3 Å². The Bertz CT molecular complexity index is 983. The Balaban J connectivity index is 1.83. The largest absolute Gasteiger partial charge is 0.347 e. The number of carbonyl (C=O) groups is 2. The van der Waals surface area contributed by atoms with Crippen LogP contribution in [0.4, 0.5) is 5.82 Å². The standard InChI is InChI=1S/C21H21ClN4O2/c1-14(2)20(27)24-19-12-18(25-26(19)17-9-4-3-5-10-17)21(28)23-13-15-7-6-8-16(22)11-15/h3-12,14H,13H2,1-2H3,(H,23,28)(H,24,27). The van der Waals surface area contributed by atoms with Crippen molar-refractivity contribution in [2.75, 3.05) is 5.32 Å². The van der Waals surface area contributed by atoms with Gasteiger partial charge in [0.15, 0.2) is 5.69 Å². The van der Waals surface area contributed by atoms with Gasteiger partial charge in [0.25, 0.3) is 5.91 Å². The molecule has 0 aliphatic heterocycles. The molecule has 0 radical (unpaired) electrons. The number of anilines is 1. The summed E-state index contributed by atoms with van der Waals surface area (Å²) in [5.41, 5.74) is 1.84. The molecule has 0 spiro atoms. The quantitative estimate of drug-likeness (QED) is 0.660. The molecule has 0 saturated carbocycles. The molecule has 1 aromatic heterocycles. The highest BCUT2D eigenvalue weighted by Gasteiger charge is 2.18. The van der Waals surface area contributed by atoms with Gasteiger partial charge in [0.05, 0.1) is 5.69 Å². The molecule has 3 aromatic rings. The molecule has 6 nitrogen and oxygen atoms in total. The van der Waals surface area contributed by atoms with Gasteiger partial charge in [-0.3, -0.25) is 9.59 Å². The van der Waals surface area contributed by atoms with Crippen molar-refractivity contribution in [3.05, 3.63) is 76.9 Å². The number of aromatic nitrogens is 2.